The quantitative estimate of drug-likeness (QED) is 0.530. The van der Waals surface area contributed by atoms with Crippen molar-refractivity contribution in [3.63, 3.8) is 0 Å². The van der Waals surface area contributed by atoms with Crippen molar-refractivity contribution < 1.29 is 0 Å². The molecule has 1 heterocycles. The van der Waals surface area contributed by atoms with E-state index in [1.807, 2.05) is 0 Å². The number of nitrogens with one attached hydrogen (secondary N) is 2. The molecule has 0 aromatic heterocycles. The minimum atomic E-state index is 0.715. The average Bonchev–Trinajstić information content (AvgIpc) is 2.93. The molecule has 20 heavy (non-hydrogen) atoms. The first-order chi connectivity index (χ1) is 9.73. The summed E-state index contributed by atoms with van der Waals surface area (Å²) < 4.78 is 0. The standard InChI is InChI=1S/C16H34N4/c1-5-14(6-2)11-18-16(17-7-3)19-12-15-9-10-20(8-4)13-15/h14-15H,5-13H2,1-4H3,(H2,17,18,19). The summed E-state index contributed by atoms with van der Waals surface area (Å²) in [5.74, 6) is 2.48. The van der Waals surface area contributed by atoms with Crippen molar-refractivity contribution >= 4 is 5.96 Å². The molecule has 1 fully saturated rings. The molecule has 1 unspecified atom stereocenters. The van der Waals surface area contributed by atoms with E-state index in [1.165, 1.54) is 38.9 Å². The fraction of sp³-hybridized carbons (Fsp3) is 0.938. The fourth-order valence-corrected chi connectivity index (χ4v) is 2.72. The van der Waals surface area contributed by atoms with E-state index >= 15 is 0 Å². The van der Waals surface area contributed by atoms with Crippen LogP contribution in [0.25, 0.3) is 0 Å². The Hall–Kier alpha value is -0.770. The Morgan fingerprint density at radius 3 is 2.50 bits per heavy atom. The second-order valence-electron chi connectivity index (χ2n) is 5.83. The molecule has 0 aromatic carbocycles. The minimum absolute atomic E-state index is 0.715. The third kappa shape index (κ3) is 6.12. The van der Waals surface area contributed by atoms with Gasteiger partial charge in [0.2, 0.25) is 0 Å². The van der Waals surface area contributed by atoms with Gasteiger partial charge in [-0.1, -0.05) is 33.6 Å². The molecule has 0 spiro atoms. The van der Waals surface area contributed by atoms with Crippen LogP contribution in [0.3, 0.4) is 0 Å². The van der Waals surface area contributed by atoms with E-state index in [0.29, 0.717) is 5.92 Å². The van der Waals surface area contributed by atoms with Gasteiger partial charge in [-0.25, -0.2) is 0 Å². The number of guanidine groups is 1. The van der Waals surface area contributed by atoms with Crippen LogP contribution in [0.4, 0.5) is 0 Å². The first-order valence-electron chi connectivity index (χ1n) is 8.47. The van der Waals surface area contributed by atoms with Crippen molar-refractivity contribution in [1.82, 2.24) is 15.5 Å². The number of hydrogen-bond donors (Lipinski definition) is 2. The summed E-state index contributed by atoms with van der Waals surface area (Å²) in [6, 6.07) is 0. The van der Waals surface area contributed by atoms with Crippen molar-refractivity contribution in [2.24, 2.45) is 16.8 Å². The van der Waals surface area contributed by atoms with Crippen molar-refractivity contribution in [3.8, 4) is 0 Å². The van der Waals surface area contributed by atoms with Gasteiger partial charge < -0.3 is 15.5 Å². The van der Waals surface area contributed by atoms with E-state index in [0.717, 1.165) is 31.5 Å². The topological polar surface area (TPSA) is 39.7 Å². The molecule has 0 aliphatic carbocycles. The lowest BCUT2D eigenvalue weighted by atomic mass is 10.0. The van der Waals surface area contributed by atoms with Crippen LogP contribution in [0.15, 0.2) is 4.99 Å². The Kier molecular flexibility index (Phi) is 8.67. The van der Waals surface area contributed by atoms with Crippen LogP contribution in [-0.4, -0.2) is 50.1 Å². The summed E-state index contributed by atoms with van der Waals surface area (Å²) in [5.41, 5.74) is 0. The molecule has 1 aliphatic rings. The molecule has 4 heteroatoms. The van der Waals surface area contributed by atoms with Crippen LogP contribution in [-0.2, 0) is 0 Å². The van der Waals surface area contributed by atoms with Gasteiger partial charge >= 0.3 is 0 Å². The first-order valence-corrected chi connectivity index (χ1v) is 8.47. The second-order valence-corrected chi connectivity index (χ2v) is 5.83. The summed E-state index contributed by atoms with van der Waals surface area (Å²) in [7, 11) is 0. The van der Waals surface area contributed by atoms with E-state index in [1.54, 1.807) is 0 Å². The third-order valence-electron chi connectivity index (χ3n) is 4.38. The first kappa shape index (κ1) is 17.3. The summed E-state index contributed by atoms with van der Waals surface area (Å²) in [6.45, 7) is 15.5. The Morgan fingerprint density at radius 2 is 1.95 bits per heavy atom. The van der Waals surface area contributed by atoms with Gasteiger partial charge in [0.15, 0.2) is 5.96 Å². The van der Waals surface area contributed by atoms with Crippen molar-refractivity contribution in [3.05, 3.63) is 0 Å². The maximum absolute atomic E-state index is 4.74. The highest BCUT2D eigenvalue weighted by atomic mass is 15.2. The predicted molar refractivity (Wildman–Crippen MR) is 88.3 cm³/mol. The average molecular weight is 282 g/mol. The van der Waals surface area contributed by atoms with Gasteiger partial charge in [0.25, 0.3) is 0 Å². The second kappa shape index (κ2) is 10.0. The maximum atomic E-state index is 4.74. The van der Waals surface area contributed by atoms with Gasteiger partial charge in [-0.2, -0.15) is 0 Å². The monoisotopic (exact) mass is 282 g/mol. The fourth-order valence-electron chi connectivity index (χ4n) is 2.72. The molecule has 0 amide bonds. The summed E-state index contributed by atoms with van der Waals surface area (Å²) in [6.07, 6.45) is 3.74. The third-order valence-corrected chi connectivity index (χ3v) is 4.38. The van der Waals surface area contributed by atoms with Gasteiger partial charge in [0, 0.05) is 26.2 Å². The van der Waals surface area contributed by atoms with E-state index in [-0.39, 0.29) is 0 Å². The van der Waals surface area contributed by atoms with Gasteiger partial charge in [-0.15, -0.1) is 0 Å². The van der Waals surface area contributed by atoms with Crippen LogP contribution in [0.1, 0.15) is 47.0 Å². The molecule has 1 rings (SSSR count). The normalized spacial score (nSPS) is 20.6. The number of aliphatic imine (C=N–C) groups is 1. The summed E-state index contributed by atoms with van der Waals surface area (Å²) in [4.78, 5) is 7.26. The van der Waals surface area contributed by atoms with E-state index < -0.39 is 0 Å². The zero-order chi connectivity index (χ0) is 14.8. The molecule has 1 aliphatic heterocycles. The molecular weight excluding hydrogens is 248 g/mol. The van der Waals surface area contributed by atoms with E-state index in [4.69, 9.17) is 4.99 Å². The molecule has 0 aromatic rings. The molecular formula is C16H34N4. The molecule has 0 saturated carbocycles. The predicted octanol–water partition coefficient (Wildman–Crippen LogP) is 2.32. The van der Waals surface area contributed by atoms with Gasteiger partial charge in [0.1, 0.15) is 0 Å². The lowest BCUT2D eigenvalue weighted by Crippen LogP contribution is -2.40. The van der Waals surface area contributed by atoms with Crippen LogP contribution < -0.4 is 10.6 Å². The van der Waals surface area contributed by atoms with Crippen molar-refractivity contribution in [1.29, 1.82) is 0 Å². The highest BCUT2D eigenvalue weighted by Gasteiger charge is 2.20. The van der Waals surface area contributed by atoms with Crippen LogP contribution >= 0.6 is 0 Å². The van der Waals surface area contributed by atoms with Crippen molar-refractivity contribution in [2.45, 2.75) is 47.0 Å². The van der Waals surface area contributed by atoms with Gasteiger partial charge in [-0.3, -0.25) is 4.99 Å². The zero-order valence-electron chi connectivity index (χ0n) is 13.9. The summed E-state index contributed by atoms with van der Waals surface area (Å²) in [5, 5.41) is 6.88. The maximum Gasteiger partial charge on any atom is 0.191 e. The highest BCUT2D eigenvalue weighted by molar-refractivity contribution is 5.79. The molecule has 1 saturated heterocycles. The SMILES string of the molecule is CCNC(=NCC(CC)CC)NCC1CCN(CC)C1. The van der Waals surface area contributed by atoms with Crippen molar-refractivity contribution in [2.75, 3.05) is 39.3 Å². The smallest absolute Gasteiger partial charge is 0.191 e. The largest absolute Gasteiger partial charge is 0.357 e. The Balaban J connectivity index is 2.36. The lowest BCUT2D eigenvalue weighted by Gasteiger charge is -2.17. The van der Waals surface area contributed by atoms with Crippen LogP contribution in [0.5, 0.6) is 0 Å². The van der Waals surface area contributed by atoms with Gasteiger partial charge in [-0.05, 0) is 38.3 Å². The van der Waals surface area contributed by atoms with E-state index in [2.05, 4.69) is 43.2 Å². The molecule has 0 bridgehead atoms. The van der Waals surface area contributed by atoms with Crippen LogP contribution in [0.2, 0.25) is 0 Å². The molecule has 4 nitrogen and oxygen atoms in total. The number of likely N-dealkylation sites (tertiary alicyclic amines) is 1. The Labute approximate surface area is 125 Å². The Morgan fingerprint density at radius 1 is 1.20 bits per heavy atom. The molecule has 1 atom stereocenters. The van der Waals surface area contributed by atoms with E-state index in [9.17, 15) is 0 Å². The van der Waals surface area contributed by atoms with Crippen LogP contribution in [0, 0.1) is 11.8 Å². The number of rotatable bonds is 8. The molecule has 0 radical (unpaired) electrons. The number of hydrogen-bond acceptors (Lipinski definition) is 2. The molecule has 118 valence electrons. The lowest BCUT2D eigenvalue weighted by molar-refractivity contribution is 0.341. The zero-order valence-corrected chi connectivity index (χ0v) is 13.9. The number of nitrogens with zero attached hydrogens (tertiary/aromatic N) is 2. The van der Waals surface area contributed by atoms with Gasteiger partial charge in [0.05, 0.1) is 0 Å². The summed E-state index contributed by atoms with van der Waals surface area (Å²) >= 11 is 0. The highest BCUT2D eigenvalue weighted by Crippen LogP contribution is 2.14. The Bertz CT molecular complexity index is 274. The minimum Gasteiger partial charge on any atom is -0.357 e. The molecule has 2 N–H and O–H groups in total.